The van der Waals surface area contributed by atoms with Crippen LogP contribution in [0.4, 0.5) is 0 Å². The van der Waals surface area contributed by atoms with Crippen LogP contribution >= 0.6 is 0 Å². The Balaban J connectivity index is 2.07. The van der Waals surface area contributed by atoms with E-state index in [9.17, 15) is 4.79 Å². The van der Waals surface area contributed by atoms with Crippen molar-refractivity contribution in [1.82, 2.24) is 10.1 Å². The van der Waals surface area contributed by atoms with Gasteiger partial charge in [0.05, 0.1) is 17.7 Å². The molecule has 0 aliphatic carbocycles. The minimum atomic E-state index is -0.629. The Morgan fingerprint density at radius 2 is 1.74 bits per heavy atom. The number of ether oxygens (including phenoxy) is 1. The van der Waals surface area contributed by atoms with Gasteiger partial charge in [-0.3, -0.25) is 4.79 Å². The zero-order valence-electron chi connectivity index (χ0n) is 12.6. The maximum Gasteiger partial charge on any atom is 0.248 e. The number of carbonyl (C=O) groups is 1. The summed E-state index contributed by atoms with van der Waals surface area (Å²) in [5.74, 6) is -0.0463. The van der Waals surface area contributed by atoms with Crippen molar-refractivity contribution in [1.29, 1.82) is 0 Å². The molecular weight excluding hydrogens is 248 g/mol. The standard InChI is InChI=1S/C13H24N2O4/c1-11(2)12(3,4)17-13(5,6)15(11)19-18-14-9-7-8-10(14)16/h7-9H2,1-6H3. The Labute approximate surface area is 114 Å². The average molecular weight is 272 g/mol. The van der Waals surface area contributed by atoms with Gasteiger partial charge in [-0.25, -0.2) is 0 Å². The highest BCUT2D eigenvalue weighted by molar-refractivity contribution is 5.76. The Morgan fingerprint density at radius 3 is 2.16 bits per heavy atom. The van der Waals surface area contributed by atoms with Crippen molar-refractivity contribution in [3.8, 4) is 0 Å². The number of hydroxylamine groups is 4. The normalized spacial score (nSPS) is 29.2. The number of rotatable bonds is 3. The van der Waals surface area contributed by atoms with Crippen LogP contribution in [0.15, 0.2) is 0 Å². The molecule has 2 aliphatic rings. The second-order valence-electron chi connectivity index (χ2n) is 6.66. The number of hydrogen-bond donors (Lipinski definition) is 0. The zero-order valence-corrected chi connectivity index (χ0v) is 12.6. The highest BCUT2D eigenvalue weighted by atomic mass is 17.3. The van der Waals surface area contributed by atoms with E-state index in [4.69, 9.17) is 14.7 Å². The highest BCUT2D eigenvalue weighted by Gasteiger charge is 2.59. The Bertz CT molecular complexity index is 379. The summed E-state index contributed by atoms with van der Waals surface area (Å²) in [5.41, 5.74) is -1.41. The summed E-state index contributed by atoms with van der Waals surface area (Å²) < 4.78 is 6.02. The van der Waals surface area contributed by atoms with Gasteiger partial charge in [0.25, 0.3) is 0 Å². The molecule has 0 atom stereocenters. The number of hydrogen-bond acceptors (Lipinski definition) is 5. The van der Waals surface area contributed by atoms with Gasteiger partial charge in [0.2, 0.25) is 5.91 Å². The molecule has 6 nitrogen and oxygen atoms in total. The van der Waals surface area contributed by atoms with Crippen LogP contribution in [0.25, 0.3) is 0 Å². The lowest BCUT2D eigenvalue weighted by Gasteiger charge is -2.37. The third kappa shape index (κ3) is 2.38. The van der Waals surface area contributed by atoms with Crippen LogP contribution < -0.4 is 0 Å². The van der Waals surface area contributed by atoms with Gasteiger partial charge < -0.3 is 4.74 Å². The lowest BCUT2D eigenvalue weighted by atomic mass is 9.87. The van der Waals surface area contributed by atoms with Gasteiger partial charge in [-0.15, -0.1) is 10.1 Å². The van der Waals surface area contributed by atoms with Crippen molar-refractivity contribution >= 4 is 5.91 Å². The van der Waals surface area contributed by atoms with E-state index in [0.717, 1.165) is 6.42 Å². The molecule has 0 aromatic carbocycles. The van der Waals surface area contributed by atoms with E-state index in [0.29, 0.717) is 13.0 Å². The van der Waals surface area contributed by atoms with E-state index in [2.05, 4.69) is 0 Å². The largest absolute Gasteiger partial charge is 0.351 e. The predicted octanol–water partition coefficient (Wildman–Crippen LogP) is 2.01. The summed E-state index contributed by atoms with van der Waals surface area (Å²) in [6, 6.07) is 0. The van der Waals surface area contributed by atoms with Crippen molar-refractivity contribution in [3.05, 3.63) is 0 Å². The van der Waals surface area contributed by atoms with Crippen molar-refractivity contribution in [3.63, 3.8) is 0 Å². The van der Waals surface area contributed by atoms with Crippen molar-refractivity contribution in [2.24, 2.45) is 0 Å². The zero-order chi connectivity index (χ0) is 14.5. The number of nitrogens with zero attached hydrogens (tertiary/aromatic N) is 2. The summed E-state index contributed by atoms with van der Waals surface area (Å²) in [7, 11) is 0. The van der Waals surface area contributed by atoms with Crippen LogP contribution in [0.2, 0.25) is 0 Å². The van der Waals surface area contributed by atoms with Crippen molar-refractivity contribution in [2.45, 2.75) is 71.2 Å². The molecule has 110 valence electrons. The summed E-state index contributed by atoms with van der Waals surface area (Å²) in [5, 5.41) is 2.93. The first-order chi connectivity index (χ1) is 8.58. The molecule has 2 saturated heterocycles. The first-order valence-corrected chi connectivity index (χ1v) is 6.73. The van der Waals surface area contributed by atoms with Gasteiger partial charge in [0.1, 0.15) is 5.72 Å². The van der Waals surface area contributed by atoms with E-state index < -0.39 is 11.3 Å². The Kier molecular flexibility index (Phi) is 3.42. The fourth-order valence-corrected chi connectivity index (χ4v) is 2.67. The highest BCUT2D eigenvalue weighted by Crippen LogP contribution is 2.46. The van der Waals surface area contributed by atoms with Crippen LogP contribution in [0.1, 0.15) is 54.4 Å². The fraction of sp³-hybridized carbons (Fsp3) is 0.923. The lowest BCUT2D eigenvalue weighted by Crippen LogP contribution is -2.54. The van der Waals surface area contributed by atoms with Gasteiger partial charge in [-0.05, 0) is 48.0 Å². The molecule has 2 heterocycles. The second kappa shape index (κ2) is 4.41. The summed E-state index contributed by atoms with van der Waals surface area (Å²) in [6.45, 7) is 12.5. The van der Waals surface area contributed by atoms with E-state index in [1.54, 1.807) is 5.06 Å². The molecule has 1 amide bonds. The Morgan fingerprint density at radius 1 is 1.11 bits per heavy atom. The van der Waals surface area contributed by atoms with Crippen LogP contribution in [-0.4, -0.2) is 39.4 Å². The topological polar surface area (TPSA) is 51.2 Å². The van der Waals surface area contributed by atoms with Gasteiger partial charge in [0.15, 0.2) is 0 Å². The van der Waals surface area contributed by atoms with Crippen LogP contribution in [0, 0.1) is 0 Å². The SMILES string of the molecule is CC1(C)OC(C)(C)C(C)(C)N1OON1CCCC1=O. The molecule has 0 aromatic heterocycles. The minimum Gasteiger partial charge on any atom is -0.351 e. The molecule has 0 spiro atoms. The smallest absolute Gasteiger partial charge is 0.248 e. The molecule has 0 aromatic rings. The molecule has 0 N–H and O–H groups in total. The summed E-state index contributed by atoms with van der Waals surface area (Å²) in [6.07, 6.45) is 1.31. The van der Waals surface area contributed by atoms with Crippen LogP contribution in [0.3, 0.4) is 0 Å². The maximum absolute atomic E-state index is 11.5. The van der Waals surface area contributed by atoms with E-state index in [1.807, 2.05) is 41.5 Å². The average Bonchev–Trinajstić information content (AvgIpc) is 2.65. The summed E-state index contributed by atoms with van der Waals surface area (Å²) in [4.78, 5) is 22.1. The molecular formula is C13H24N2O4. The fourth-order valence-electron chi connectivity index (χ4n) is 2.67. The van der Waals surface area contributed by atoms with Gasteiger partial charge in [0, 0.05) is 6.42 Å². The van der Waals surface area contributed by atoms with E-state index in [-0.39, 0.29) is 11.4 Å². The molecule has 0 unspecified atom stereocenters. The molecule has 2 rings (SSSR count). The first kappa shape index (κ1) is 14.7. The van der Waals surface area contributed by atoms with Gasteiger partial charge in [-0.1, -0.05) is 4.99 Å². The number of amides is 1. The van der Waals surface area contributed by atoms with Crippen LogP contribution in [0.5, 0.6) is 0 Å². The predicted molar refractivity (Wildman–Crippen MR) is 68.3 cm³/mol. The van der Waals surface area contributed by atoms with E-state index >= 15 is 0 Å². The third-order valence-electron chi connectivity index (χ3n) is 4.20. The third-order valence-corrected chi connectivity index (χ3v) is 4.20. The molecule has 19 heavy (non-hydrogen) atoms. The van der Waals surface area contributed by atoms with Crippen molar-refractivity contribution in [2.75, 3.05) is 6.54 Å². The molecule has 2 fully saturated rings. The molecule has 2 aliphatic heterocycles. The number of carbonyl (C=O) groups excluding carboxylic acids is 1. The van der Waals surface area contributed by atoms with Crippen molar-refractivity contribution < 1.29 is 19.5 Å². The van der Waals surface area contributed by atoms with Gasteiger partial charge >= 0.3 is 0 Å². The van der Waals surface area contributed by atoms with Crippen LogP contribution in [-0.2, 0) is 19.5 Å². The molecule has 0 bridgehead atoms. The maximum atomic E-state index is 11.5. The lowest BCUT2D eigenvalue weighted by molar-refractivity contribution is -0.530. The molecule has 6 heteroatoms. The first-order valence-electron chi connectivity index (χ1n) is 6.73. The quantitative estimate of drug-likeness (QED) is 0.581. The minimum absolute atomic E-state index is 0.0463. The molecule has 0 radical (unpaired) electrons. The Hall–Kier alpha value is -0.690. The summed E-state index contributed by atoms with van der Waals surface area (Å²) >= 11 is 0. The monoisotopic (exact) mass is 272 g/mol. The molecule has 0 saturated carbocycles. The van der Waals surface area contributed by atoms with E-state index in [1.165, 1.54) is 5.06 Å². The second-order valence-corrected chi connectivity index (χ2v) is 6.66. The van der Waals surface area contributed by atoms with Gasteiger partial charge in [-0.2, -0.15) is 5.06 Å².